The zero-order valence-corrected chi connectivity index (χ0v) is 11.1. The molecular weight excluding hydrogens is 285 g/mol. The van der Waals surface area contributed by atoms with Crippen molar-refractivity contribution in [1.82, 2.24) is 0 Å². The molecule has 0 saturated carbocycles. The molecule has 6 heteroatoms. The quantitative estimate of drug-likeness (QED) is 0.934. The van der Waals surface area contributed by atoms with Gasteiger partial charge in [-0.3, -0.25) is 0 Å². The van der Waals surface area contributed by atoms with Gasteiger partial charge in [-0.1, -0.05) is 24.3 Å². The predicted octanol–water partition coefficient (Wildman–Crippen LogP) is 3.75. The van der Waals surface area contributed by atoms with Crippen LogP contribution in [0.25, 0.3) is 11.1 Å². The van der Waals surface area contributed by atoms with Gasteiger partial charge in [0.05, 0.1) is 13.7 Å². The predicted molar refractivity (Wildman–Crippen MR) is 71.0 cm³/mol. The Morgan fingerprint density at radius 1 is 1.00 bits per heavy atom. The number of aliphatic hydroxyl groups is 1. The van der Waals surface area contributed by atoms with E-state index in [2.05, 4.69) is 4.74 Å². The van der Waals surface area contributed by atoms with Gasteiger partial charge in [0.25, 0.3) is 0 Å². The molecule has 21 heavy (non-hydrogen) atoms. The number of aliphatic hydroxyl groups excluding tert-OH is 1. The van der Waals surface area contributed by atoms with E-state index in [9.17, 15) is 13.2 Å². The van der Waals surface area contributed by atoms with E-state index in [1.54, 1.807) is 30.3 Å². The van der Waals surface area contributed by atoms with Crippen LogP contribution in [0.3, 0.4) is 0 Å². The molecule has 2 aromatic carbocycles. The molecule has 1 N–H and O–H groups in total. The lowest BCUT2D eigenvalue weighted by atomic mass is 10.0. The summed E-state index contributed by atoms with van der Waals surface area (Å²) in [5.41, 5.74) is 1.34. The van der Waals surface area contributed by atoms with Gasteiger partial charge in [-0.25, -0.2) is 0 Å². The van der Waals surface area contributed by atoms with E-state index in [0.717, 1.165) is 0 Å². The average molecular weight is 298 g/mol. The third-order valence-corrected chi connectivity index (χ3v) is 2.89. The Kier molecular flexibility index (Phi) is 4.37. The number of benzene rings is 2. The van der Waals surface area contributed by atoms with Gasteiger partial charge in [-0.05, 0) is 29.3 Å². The van der Waals surface area contributed by atoms with Crippen molar-refractivity contribution in [3.05, 3.63) is 48.0 Å². The van der Waals surface area contributed by atoms with Crippen LogP contribution in [-0.4, -0.2) is 18.6 Å². The third-order valence-electron chi connectivity index (χ3n) is 2.89. The van der Waals surface area contributed by atoms with Gasteiger partial charge in [0.2, 0.25) is 0 Å². The van der Waals surface area contributed by atoms with E-state index in [1.807, 2.05) is 0 Å². The number of rotatable bonds is 4. The van der Waals surface area contributed by atoms with Gasteiger partial charge in [0.15, 0.2) is 0 Å². The van der Waals surface area contributed by atoms with Crippen LogP contribution in [0.2, 0.25) is 0 Å². The van der Waals surface area contributed by atoms with Crippen LogP contribution in [0.15, 0.2) is 42.5 Å². The highest BCUT2D eigenvalue weighted by Crippen LogP contribution is 2.32. The van der Waals surface area contributed by atoms with Crippen LogP contribution in [0.5, 0.6) is 11.5 Å². The van der Waals surface area contributed by atoms with Gasteiger partial charge in [0.1, 0.15) is 11.5 Å². The summed E-state index contributed by atoms with van der Waals surface area (Å²) < 4.78 is 46.1. The molecule has 2 aromatic rings. The first kappa shape index (κ1) is 15.2. The summed E-state index contributed by atoms with van der Waals surface area (Å²) in [4.78, 5) is 0. The topological polar surface area (TPSA) is 38.7 Å². The van der Waals surface area contributed by atoms with E-state index < -0.39 is 18.7 Å². The lowest BCUT2D eigenvalue weighted by molar-refractivity contribution is -0.275. The number of alkyl halides is 3. The number of ether oxygens (including phenoxy) is 2. The maximum atomic E-state index is 12.4. The van der Waals surface area contributed by atoms with Crippen LogP contribution in [-0.2, 0) is 6.61 Å². The van der Waals surface area contributed by atoms with Crippen molar-refractivity contribution in [2.75, 3.05) is 7.11 Å². The highest BCUT2D eigenvalue weighted by atomic mass is 19.4. The molecule has 0 saturated heterocycles. The van der Waals surface area contributed by atoms with Crippen LogP contribution < -0.4 is 9.47 Å². The van der Waals surface area contributed by atoms with Crippen LogP contribution in [0.1, 0.15) is 5.56 Å². The normalized spacial score (nSPS) is 11.3. The zero-order valence-electron chi connectivity index (χ0n) is 11.1. The second-order valence-corrected chi connectivity index (χ2v) is 4.26. The molecule has 112 valence electrons. The van der Waals surface area contributed by atoms with Gasteiger partial charge in [-0.2, -0.15) is 0 Å². The fourth-order valence-corrected chi connectivity index (χ4v) is 1.87. The smallest absolute Gasteiger partial charge is 0.497 e. The lowest BCUT2D eigenvalue weighted by Crippen LogP contribution is -2.18. The molecular formula is C15H13F3O3. The summed E-state index contributed by atoms with van der Waals surface area (Å²) in [6, 6.07) is 11.1. The summed E-state index contributed by atoms with van der Waals surface area (Å²) >= 11 is 0. The first-order valence-corrected chi connectivity index (χ1v) is 6.07. The largest absolute Gasteiger partial charge is 0.573 e. The molecule has 0 atom stereocenters. The van der Waals surface area contributed by atoms with Crippen LogP contribution in [0.4, 0.5) is 13.2 Å². The first-order chi connectivity index (χ1) is 9.93. The van der Waals surface area contributed by atoms with Crippen molar-refractivity contribution in [2.24, 2.45) is 0 Å². The fraction of sp³-hybridized carbons (Fsp3) is 0.200. The number of hydrogen-bond acceptors (Lipinski definition) is 3. The van der Waals surface area contributed by atoms with Gasteiger partial charge in [0, 0.05) is 5.56 Å². The van der Waals surface area contributed by atoms with E-state index in [4.69, 9.17) is 9.84 Å². The summed E-state index contributed by atoms with van der Waals surface area (Å²) in [6.07, 6.45) is -4.80. The number of hydrogen-bond donors (Lipinski definition) is 1. The van der Waals surface area contributed by atoms with Crippen molar-refractivity contribution in [2.45, 2.75) is 13.0 Å². The molecule has 0 aliphatic heterocycles. The Hall–Kier alpha value is -2.21. The maximum Gasteiger partial charge on any atom is 0.573 e. The second kappa shape index (κ2) is 6.05. The minimum absolute atomic E-state index is 0.0737. The Balaban J connectivity index is 2.38. The van der Waals surface area contributed by atoms with Gasteiger partial charge in [-0.15, -0.1) is 13.2 Å². The standard InChI is InChI=1S/C15H13F3O3/c1-20-13-6-4-10(5-7-13)11-2-3-12(9-19)14(8-11)21-15(16,17)18/h2-8,19H,9H2,1H3. The van der Waals surface area contributed by atoms with Gasteiger partial charge < -0.3 is 14.6 Å². The van der Waals surface area contributed by atoms with E-state index >= 15 is 0 Å². The average Bonchev–Trinajstić information content (AvgIpc) is 2.45. The Morgan fingerprint density at radius 3 is 2.14 bits per heavy atom. The first-order valence-electron chi connectivity index (χ1n) is 6.07. The molecule has 0 unspecified atom stereocenters. The molecule has 0 amide bonds. The van der Waals surface area contributed by atoms with E-state index in [1.165, 1.54) is 19.2 Å². The highest BCUT2D eigenvalue weighted by molar-refractivity contribution is 5.66. The number of methoxy groups -OCH3 is 1. The maximum absolute atomic E-state index is 12.4. The van der Waals surface area contributed by atoms with E-state index in [-0.39, 0.29) is 5.56 Å². The Bertz CT molecular complexity index is 607. The highest BCUT2D eigenvalue weighted by Gasteiger charge is 2.32. The van der Waals surface area contributed by atoms with Gasteiger partial charge >= 0.3 is 6.36 Å². The molecule has 0 aliphatic rings. The Morgan fingerprint density at radius 2 is 1.62 bits per heavy atom. The molecule has 3 nitrogen and oxygen atoms in total. The van der Waals surface area contributed by atoms with Crippen LogP contribution in [0, 0.1) is 0 Å². The molecule has 0 heterocycles. The summed E-state index contributed by atoms with van der Waals surface area (Å²) in [6.45, 7) is -0.533. The van der Waals surface area contributed by atoms with Crippen molar-refractivity contribution < 1.29 is 27.8 Å². The minimum Gasteiger partial charge on any atom is -0.497 e. The molecule has 2 rings (SSSR count). The third kappa shape index (κ3) is 3.88. The molecule has 0 aliphatic carbocycles. The van der Waals surface area contributed by atoms with Crippen molar-refractivity contribution in [3.8, 4) is 22.6 Å². The molecule has 0 aromatic heterocycles. The monoisotopic (exact) mass is 298 g/mol. The second-order valence-electron chi connectivity index (χ2n) is 4.26. The van der Waals surface area contributed by atoms with Crippen molar-refractivity contribution in [1.29, 1.82) is 0 Å². The summed E-state index contributed by atoms with van der Waals surface area (Å²) in [7, 11) is 1.53. The van der Waals surface area contributed by atoms with Crippen molar-refractivity contribution >= 4 is 0 Å². The van der Waals surface area contributed by atoms with Crippen molar-refractivity contribution in [3.63, 3.8) is 0 Å². The van der Waals surface area contributed by atoms with E-state index in [0.29, 0.717) is 16.9 Å². The molecule has 0 radical (unpaired) electrons. The number of halogens is 3. The minimum atomic E-state index is -4.80. The SMILES string of the molecule is COc1ccc(-c2ccc(CO)c(OC(F)(F)F)c2)cc1. The Labute approximate surface area is 119 Å². The molecule has 0 spiro atoms. The zero-order chi connectivity index (χ0) is 15.5. The lowest BCUT2D eigenvalue weighted by Gasteiger charge is -2.14. The summed E-state index contributed by atoms with van der Waals surface area (Å²) in [5, 5.41) is 9.08. The fourth-order valence-electron chi connectivity index (χ4n) is 1.87. The van der Waals surface area contributed by atoms with Crippen LogP contribution >= 0.6 is 0 Å². The summed E-state index contributed by atoms with van der Waals surface area (Å²) in [5.74, 6) is 0.246. The molecule has 0 fully saturated rings. The molecule has 0 bridgehead atoms.